The van der Waals surface area contributed by atoms with Gasteiger partial charge in [0, 0.05) is 18.3 Å². The Morgan fingerprint density at radius 3 is 2.91 bits per heavy atom. The Bertz CT molecular complexity index is 700. The van der Waals surface area contributed by atoms with Gasteiger partial charge in [0.1, 0.15) is 5.75 Å². The number of ether oxygens (including phenoxy) is 1. The molecule has 3 rings (SSSR count). The van der Waals surface area contributed by atoms with Crippen LogP contribution >= 0.6 is 0 Å². The van der Waals surface area contributed by atoms with Gasteiger partial charge in [0.05, 0.1) is 25.0 Å². The molecule has 1 heterocycles. The minimum Gasteiger partial charge on any atom is -0.497 e. The molecule has 1 amide bonds. The van der Waals surface area contributed by atoms with Gasteiger partial charge in [0.2, 0.25) is 5.91 Å². The van der Waals surface area contributed by atoms with Gasteiger partial charge in [0.15, 0.2) is 0 Å². The van der Waals surface area contributed by atoms with Gasteiger partial charge >= 0.3 is 0 Å². The van der Waals surface area contributed by atoms with Crippen molar-refractivity contribution in [3.63, 3.8) is 0 Å². The van der Waals surface area contributed by atoms with E-state index in [0.29, 0.717) is 23.7 Å². The molecule has 0 saturated carbocycles. The summed E-state index contributed by atoms with van der Waals surface area (Å²) in [4.78, 5) is 14.3. The number of carbonyl (C=O) groups is 1. The lowest BCUT2D eigenvalue weighted by Crippen LogP contribution is -2.32. The Labute approximate surface area is 129 Å². The molecule has 0 aromatic heterocycles. The normalized spacial score (nSPS) is 12.9. The number of carbonyl (C=O) groups excluding carboxylic acids is 1. The number of hydrogen-bond donors (Lipinski definition) is 2. The van der Waals surface area contributed by atoms with E-state index in [0.717, 1.165) is 18.7 Å². The fraction of sp³-hybridized carbons (Fsp3) is 0.235. The van der Waals surface area contributed by atoms with E-state index >= 15 is 0 Å². The molecule has 0 fully saturated rings. The molecule has 0 unspecified atom stereocenters. The first-order valence-electron chi connectivity index (χ1n) is 7.23. The fourth-order valence-corrected chi connectivity index (χ4v) is 2.72. The third-order valence-electron chi connectivity index (χ3n) is 3.85. The quantitative estimate of drug-likeness (QED) is 0.850. The van der Waals surface area contributed by atoms with Crippen molar-refractivity contribution >= 4 is 23.0 Å². The minimum absolute atomic E-state index is 0.0754. The third-order valence-corrected chi connectivity index (χ3v) is 3.85. The number of anilines is 3. The van der Waals surface area contributed by atoms with Crippen LogP contribution in [-0.4, -0.2) is 26.1 Å². The lowest BCUT2D eigenvalue weighted by molar-refractivity contribution is -0.115. The monoisotopic (exact) mass is 297 g/mol. The molecule has 0 atom stereocenters. The smallest absolute Gasteiger partial charge is 0.243 e. The van der Waals surface area contributed by atoms with Gasteiger partial charge in [-0.25, -0.2) is 0 Å². The summed E-state index contributed by atoms with van der Waals surface area (Å²) in [7, 11) is 1.58. The summed E-state index contributed by atoms with van der Waals surface area (Å²) in [6.45, 7) is 1.19. The third kappa shape index (κ3) is 2.83. The molecule has 5 nitrogen and oxygen atoms in total. The molecule has 1 aliphatic rings. The number of benzene rings is 2. The van der Waals surface area contributed by atoms with E-state index in [-0.39, 0.29) is 5.91 Å². The average molecular weight is 297 g/mol. The molecule has 114 valence electrons. The minimum atomic E-state index is -0.0754. The number of nitrogens with one attached hydrogen (secondary N) is 1. The predicted octanol–water partition coefficient (Wildman–Crippen LogP) is 2.28. The second-order valence-corrected chi connectivity index (χ2v) is 5.30. The van der Waals surface area contributed by atoms with Crippen LogP contribution in [0.5, 0.6) is 5.75 Å². The maximum Gasteiger partial charge on any atom is 0.243 e. The number of rotatable bonds is 4. The van der Waals surface area contributed by atoms with Gasteiger partial charge in [-0.3, -0.25) is 4.79 Å². The highest BCUT2D eigenvalue weighted by molar-refractivity contribution is 5.97. The van der Waals surface area contributed by atoms with Crippen LogP contribution in [0.25, 0.3) is 0 Å². The Balaban J connectivity index is 1.66. The van der Waals surface area contributed by atoms with E-state index < -0.39 is 0 Å². The second-order valence-electron chi connectivity index (χ2n) is 5.30. The molecule has 0 bridgehead atoms. The molecule has 0 aliphatic carbocycles. The number of methoxy groups -OCH3 is 1. The molecule has 0 saturated heterocycles. The van der Waals surface area contributed by atoms with E-state index in [1.807, 2.05) is 12.1 Å². The number of nitrogens with two attached hydrogens (primary N) is 1. The molecular formula is C17H19N3O2. The number of nitrogen functional groups attached to an aromatic ring is 1. The van der Waals surface area contributed by atoms with Crippen molar-refractivity contribution in [1.29, 1.82) is 0 Å². The maximum absolute atomic E-state index is 12.2. The second kappa shape index (κ2) is 5.97. The first-order valence-corrected chi connectivity index (χ1v) is 7.23. The van der Waals surface area contributed by atoms with Crippen molar-refractivity contribution in [2.24, 2.45) is 0 Å². The highest BCUT2D eigenvalue weighted by atomic mass is 16.5. The van der Waals surface area contributed by atoms with Crippen molar-refractivity contribution in [2.75, 3.05) is 36.1 Å². The fourth-order valence-electron chi connectivity index (χ4n) is 2.72. The molecule has 2 aromatic carbocycles. The van der Waals surface area contributed by atoms with E-state index in [2.05, 4.69) is 22.3 Å². The van der Waals surface area contributed by atoms with Crippen molar-refractivity contribution in [1.82, 2.24) is 0 Å². The number of nitrogens with zero attached hydrogens (tertiary/aromatic N) is 1. The summed E-state index contributed by atoms with van der Waals surface area (Å²) in [5.74, 6) is 0.595. The summed E-state index contributed by atoms with van der Waals surface area (Å²) >= 11 is 0. The van der Waals surface area contributed by atoms with Gasteiger partial charge in [0.25, 0.3) is 0 Å². The average Bonchev–Trinajstić information content (AvgIpc) is 2.92. The zero-order valence-corrected chi connectivity index (χ0v) is 12.5. The number of para-hydroxylation sites is 1. The number of fused-ring (bicyclic) bond motifs is 1. The van der Waals surface area contributed by atoms with Crippen molar-refractivity contribution in [3.05, 3.63) is 48.0 Å². The lowest BCUT2D eigenvalue weighted by atomic mass is 10.2. The van der Waals surface area contributed by atoms with Crippen LogP contribution in [0.15, 0.2) is 42.5 Å². The zero-order chi connectivity index (χ0) is 15.5. The Morgan fingerprint density at radius 2 is 2.14 bits per heavy atom. The van der Waals surface area contributed by atoms with Crippen LogP contribution in [0.2, 0.25) is 0 Å². The Morgan fingerprint density at radius 1 is 1.32 bits per heavy atom. The van der Waals surface area contributed by atoms with Crippen molar-refractivity contribution < 1.29 is 9.53 Å². The standard InChI is InChI=1S/C17H19N3O2/c1-22-13-6-7-15(14(18)10-13)19-17(21)11-20-9-8-12-4-2-3-5-16(12)20/h2-7,10H,8-9,11,18H2,1H3,(H,19,21). The molecule has 22 heavy (non-hydrogen) atoms. The van der Waals surface area contributed by atoms with Crippen molar-refractivity contribution in [2.45, 2.75) is 6.42 Å². The topological polar surface area (TPSA) is 67.6 Å². The number of amides is 1. The van der Waals surface area contributed by atoms with E-state index in [9.17, 15) is 4.79 Å². The largest absolute Gasteiger partial charge is 0.497 e. The van der Waals surface area contributed by atoms with Gasteiger partial charge < -0.3 is 20.7 Å². The highest BCUT2D eigenvalue weighted by Gasteiger charge is 2.20. The van der Waals surface area contributed by atoms with Crippen LogP contribution in [0, 0.1) is 0 Å². The molecular weight excluding hydrogens is 278 g/mol. The van der Waals surface area contributed by atoms with Gasteiger partial charge in [-0.2, -0.15) is 0 Å². The van der Waals surface area contributed by atoms with Gasteiger partial charge in [-0.05, 0) is 30.2 Å². The van der Waals surface area contributed by atoms with Crippen LogP contribution < -0.4 is 20.7 Å². The van der Waals surface area contributed by atoms with Gasteiger partial charge in [-0.1, -0.05) is 18.2 Å². The maximum atomic E-state index is 12.2. The Kier molecular flexibility index (Phi) is 3.87. The summed E-state index contributed by atoms with van der Waals surface area (Å²) in [6.07, 6.45) is 0.980. The molecule has 1 aliphatic heterocycles. The van der Waals surface area contributed by atoms with Crippen LogP contribution in [0.3, 0.4) is 0 Å². The molecule has 5 heteroatoms. The summed E-state index contributed by atoms with van der Waals surface area (Å²) < 4.78 is 5.10. The molecule has 0 spiro atoms. The summed E-state index contributed by atoms with van der Waals surface area (Å²) in [5, 5.41) is 2.86. The van der Waals surface area contributed by atoms with Gasteiger partial charge in [-0.15, -0.1) is 0 Å². The zero-order valence-electron chi connectivity index (χ0n) is 12.5. The van der Waals surface area contributed by atoms with Crippen molar-refractivity contribution in [3.8, 4) is 5.75 Å². The highest BCUT2D eigenvalue weighted by Crippen LogP contribution is 2.28. The molecule has 0 radical (unpaired) electrons. The predicted molar refractivity (Wildman–Crippen MR) is 88.4 cm³/mol. The summed E-state index contributed by atoms with van der Waals surface area (Å²) in [6, 6.07) is 13.4. The van der Waals surface area contributed by atoms with Crippen LogP contribution in [-0.2, 0) is 11.2 Å². The first-order chi connectivity index (χ1) is 10.7. The molecule has 3 N–H and O–H groups in total. The van der Waals surface area contributed by atoms with Crippen LogP contribution in [0.4, 0.5) is 17.1 Å². The van der Waals surface area contributed by atoms with E-state index in [4.69, 9.17) is 10.5 Å². The number of hydrogen-bond acceptors (Lipinski definition) is 4. The van der Waals surface area contributed by atoms with E-state index in [1.54, 1.807) is 25.3 Å². The van der Waals surface area contributed by atoms with E-state index in [1.165, 1.54) is 5.56 Å². The summed E-state index contributed by atoms with van der Waals surface area (Å²) in [5.41, 5.74) is 9.46. The SMILES string of the molecule is COc1ccc(NC(=O)CN2CCc3ccccc32)c(N)c1. The van der Waals surface area contributed by atoms with Crippen LogP contribution in [0.1, 0.15) is 5.56 Å². The lowest BCUT2D eigenvalue weighted by Gasteiger charge is -2.19. The first kappa shape index (κ1) is 14.3. The Hall–Kier alpha value is -2.69. The molecule has 2 aromatic rings.